The van der Waals surface area contributed by atoms with Crippen LogP contribution in [0.5, 0.6) is 0 Å². The van der Waals surface area contributed by atoms with Crippen LogP contribution in [0, 0.1) is 5.21 Å². The number of carbonyl (C=O) groups is 1. The molecule has 5 heteroatoms. The van der Waals surface area contributed by atoms with Gasteiger partial charge in [-0.25, -0.2) is 4.79 Å². The van der Waals surface area contributed by atoms with Gasteiger partial charge >= 0.3 is 5.91 Å². The van der Waals surface area contributed by atoms with E-state index >= 15 is 0 Å². The Balaban J connectivity index is 2.75. The number of aromatic nitrogens is 1. The Kier molecular flexibility index (Phi) is 3.36. The summed E-state index contributed by atoms with van der Waals surface area (Å²) in [4.78, 5) is 15.3. The molecule has 0 aromatic carbocycles. The highest BCUT2D eigenvalue weighted by Gasteiger charge is 2.16. The van der Waals surface area contributed by atoms with Crippen LogP contribution in [0.1, 0.15) is 5.56 Å². The SMILES string of the molecule is C[N+](C)([O-])C(=O)Cc1cncc(Br)c1. The van der Waals surface area contributed by atoms with Gasteiger partial charge in [-0.05, 0) is 27.6 Å². The lowest BCUT2D eigenvalue weighted by Gasteiger charge is -2.30. The third-order valence-corrected chi connectivity index (χ3v) is 2.15. The van der Waals surface area contributed by atoms with Crippen molar-refractivity contribution in [3.8, 4) is 0 Å². The first-order chi connectivity index (χ1) is 6.39. The molecule has 4 nitrogen and oxygen atoms in total. The molecule has 0 radical (unpaired) electrons. The zero-order chi connectivity index (χ0) is 10.8. The minimum Gasteiger partial charge on any atom is -0.626 e. The number of amides is 1. The van der Waals surface area contributed by atoms with E-state index < -0.39 is 4.65 Å². The summed E-state index contributed by atoms with van der Waals surface area (Å²) in [6, 6.07) is 1.78. The van der Waals surface area contributed by atoms with E-state index in [1.165, 1.54) is 14.1 Å². The highest BCUT2D eigenvalue weighted by Crippen LogP contribution is 2.11. The molecule has 1 amide bonds. The van der Waals surface area contributed by atoms with Gasteiger partial charge in [0.2, 0.25) is 0 Å². The molecule has 0 bridgehead atoms. The van der Waals surface area contributed by atoms with E-state index in [0.29, 0.717) is 0 Å². The minimum absolute atomic E-state index is 0.114. The zero-order valence-corrected chi connectivity index (χ0v) is 9.61. The molecule has 0 aliphatic carbocycles. The van der Waals surface area contributed by atoms with Crippen molar-refractivity contribution in [3.63, 3.8) is 0 Å². The number of hydroxylamine groups is 3. The van der Waals surface area contributed by atoms with E-state index in [2.05, 4.69) is 20.9 Å². The van der Waals surface area contributed by atoms with Crippen molar-refractivity contribution >= 4 is 21.8 Å². The zero-order valence-electron chi connectivity index (χ0n) is 8.03. The minimum atomic E-state index is -0.910. The Labute approximate surface area is 90.9 Å². The van der Waals surface area contributed by atoms with E-state index in [9.17, 15) is 10.0 Å². The van der Waals surface area contributed by atoms with Crippen LogP contribution in [-0.2, 0) is 11.2 Å². The molecule has 1 aromatic rings. The highest BCUT2D eigenvalue weighted by molar-refractivity contribution is 9.10. The predicted molar refractivity (Wildman–Crippen MR) is 56.1 cm³/mol. The van der Waals surface area contributed by atoms with E-state index in [0.717, 1.165) is 10.0 Å². The molecule has 0 atom stereocenters. The van der Waals surface area contributed by atoms with Crippen LogP contribution in [-0.4, -0.2) is 29.6 Å². The van der Waals surface area contributed by atoms with Gasteiger partial charge in [0.25, 0.3) is 0 Å². The Bertz CT molecular complexity index is 347. The quantitative estimate of drug-likeness (QED) is 0.597. The summed E-state index contributed by atoms with van der Waals surface area (Å²) in [5, 5.41) is 11.2. The fourth-order valence-corrected chi connectivity index (χ4v) is 1.33. The summed E-state index contributed by atoms with van der Waals surface area (Å²) in [6.45, 7) is 0. The summed E-state index contributed by atoms with van der Waals surface area (Å²) in [5.74, 6) is -0.384. The Morgan fingerprint density at radius 2 is 2.21 bits per heavy atom. The number of rotatable bonds is 2. The third-order valence-electron chi connectivity index (χ3n) is 1.72. The van der Waals surface area contributed by atoms with Crippen LogP contribution in [0.3, 0.4) is 0 Å². The van der Waals surface area contributed by atoms with Crippen molar-refractivity contribution in [1.82, 2.24) is 4.98 Å². The monoisotopic (exact) mass is 258 g/mol. The maximum atomic E-state index is 11.4. The molecule has 0 fully saturated rings. The molecule has 76 valence electrons. The smallest absolute Gasteiger partial charge is 0.317 e. The average molecular weight is 259 g/mol. The van der Waals surface area contributed by atoms with Crippen molar-refractivity contribution in [2.45, 2.75) is 6.42 Å². The normalized spacial score (nSPS) is 11.4. The lowest BCUT2D eigenvalue weighted by molar-refractivity contribution is -0.760. The van der Waals surface area contributed by atoms with E-state index in [-0.39, 0.29) is 12.3 Å². The number of quaternary nitrogens is 1. The van der Waals surface area contributed by atoms with Crippen LogP contribution in [0.2, 0.25) is 0 Å². The van der Waals surface area contributed by atoms with E-state index in [4.69, 9.17) is 0 Å². The largest absolute Gasteiger partial charge is 0.626 e. The van der Waals surface area contributed by atoms with Crippen molar-refractivity contribution < 1.29 is 9.44 Å². The first-order valence-corrected chi connectivity index (χ1v) is 4.86. The number of halogens is 1. The molecule has 0 N–H and O–H groups in total. The van der Waals surface area contributed by atoms with Crippen LogP contribution in [0.4, 0.5) is 0 Å². The summed E-state index contributed by atoms with van der Waals surface area (Å²) in [5.41, 5.74) is 0.742. The van der Waals surface area contributed by atoms with Crippen LogP contribution in [0.15, 0.2) is 22.9 Å². The lowest BCUT2D eigenvalue weighted by atomic mass is 10.2. The summed E-state index contributed by atoms with van der Waals surface area (Å²) in [7, 11) is 2.63. The van der Waals surface area contributed by atoms with Gasteiger partial charge in [-0.15, -0.1) is 0 Å². The number of hydrogen-bond donors (Lipinski definition) is 0. The Morgan fingerprint density at radius 1 is 1.57 bits per heavy atom. The molecule has 1 aromatic heterocycles. The first-order valence-electron chi connectivity index (χ1n) is 4.07. The number of likely N-dealkylation sites (N-methyl/N-ethyl adjacent to an activating group) is 1. The van der Waals surface area contributed by atoms with Gasteiger partial charge in [0.15, 0.2) is 0 Å². The number of pyridine rings is 1. The van der Waals surface area contributed by atoms with Crippen molar-refractivity contribution in [2.24, 2.45) is 0 Å². The maximum absolute atomic E-state index is 11.4. The second-order valence-corrected chi connectivity index (χ2v) is 4.35. The van der Waals surface area contributed by atoms with Crippen molar-refractivity contribution in [2.75, 3.05) is 14.1 Å². The molecule has 14 heavy (non-hydrogen) atoms. The van der Waals surface area contributed by atoms with Gasteiger partial charge in [-0.3, -0.25) is 4.98 Å². The average Bonchev–Trinajstić information content (AvgIpc) is 2.02. The Morgan fingerprint density at radius 3 is 2.71 bits per heavy atom. The first kappa shape index (κ1) is 11.3. The lowest BCUT2D eigenvalue weighted by Crippen LogP contribution is -2.40. The fraction of sp³-hybridized carbons (Fsp3) is 0.333. The molecule has 0 unspecified atom stereocenters. The predicted octanol–water partition coefficient (Wildman–Crippen LogP) is 1.49. The van der Waals surface area contributed by atoms with Crippen LogP contribution >= 0.6 is 15.9 Å². The van der Waals surface area contributed by atoms with E-state index in [1.807, 2.05) is 0 Å². The van der Waals surface area contributed by atoms with Gasteiger partial charge in [-0.2, -0.15) is 0 Å². The molecule has 0 saturated heterocycles. The second kappa shape index (κ2) is 4.16. The van der Waals surface area contributed by atoms with Gasteiger partial charge in [0.1, 0.15) is 0 Å². The van der Waals surface area contributed by atoms with Gasteiger partial charge < -0.3 is 9.85 Å². The molecule has 0 saturated carbocycles. The molecular weight excluding hydrogens is 248 g/mol. The molecular formula is C9H11BrN2O2. The third kappa shape index (κ3) is 3.17. The highest BCUT2D eigenvalue weighted by atomic mass is 79.9. The number of hydrogen-bond acceptors (Lipinski definition) is 3. The maximum Gasteiger partial charge on any atom is 0.317 e. The van der Waals surface area contributed by atoms with Gasteiger partial charge in [0, 0.05) is 16.9 Å². The van der Waals surface area contributed by atoms with Gasteiger partial charge in [-0.1, -0.05) is 0 Å². The second-order valence-electron chi connectivity index (χ2n) is 3.43. The number of carbonyl (C=O) groups excluding carboxylic acids is 1. The summed E-state index contributed by atoms with van der Waals surface area (Å²) in [6.07, 6.45) is 3.33. The van der Waals surface area contributed by atoms with Crippen LogP contribution < -0.4 is 0 Å². The molecule has 0 spiro atoms. The topological polar surface area (TPSA) is 53.0 Å². The summed E-state index contributed by atoms with van der Waals surface area (Å²) >= 11 is 3.25. The molecule has 0 aliphatic heterocycles. The Hall–Kier alpha value is -0.780. The molecule has 0 aliphatic rings. The number of nitrogens with zero attached hydrogens (tertiary/aromatic N) is 2. The fourth-order valence-electron chi connectivity index (χ4n) is 0.918. The standard InChI is InChI=1S/C9H11BrN2O2/c1-12(2,14)9(13)4-7-3-8(10)6-11-5-7/h3,5-6H,4H2,1-2H3. The van der Waals surface area contributed by atoms with Crippen molar-refractivity contribution in [3.05, 3.63) is 33.7 Å². The summed E-state index contributed by atoms with van der Waals surface area (Å²) < 4.78 is -0.106. The molecule has 1 rings (SSSR count). The van der Waals surface area contributed by atoms with Crippen LogP contribution in [0.25, 0.3) is 0 Å². The van der Waals surface area contributed by atoms with Crippen molar-refractivity contribution in [1.29, 1.82) is 0 Å². The van der Waals surface area contributed by atoms with E-state index in [1.54, 1.807) is 18.5 Å². The molecule has 1 heterocycles. The van der Waals surface area contributed by atoms with Gasteiger partial charge in [0.05, 0.1) is 20.5 Å².